The monoisotopic (exact) mass is 250 g/mol. The van der Waals surface area contributed by atoms with E-state index in [4.69, 9.17) is 9.47 Å². The van der Waals surface area contributed by atoms with E-state index in [1.165, 1.54) is 6.42 Å². The molecule has 0 bridgehead atoms. The van der Waals surface area contributed by atoms with Gasteiger partial charge >= 0.3 is 5.97 Å². The first-order chi connectivity index (χ1) is 8.49. The molecular formula is C15H22O3. The molecule has 3 heteroatoms. The zero-order valence-corrected chi connectivity index (χ0v) is 11.4. The maximum absolute atomic E-state index is 12.1. The number of rotatable bonds is 0. The van der Waals surface area contributed by atoms with Gasteiger partial charge in [-0.3, -0.25) is 4.79 Å². The SMILES string of the molecule is C[C@@H]1CC[C@H]2[C@@H](C)C(=O)OC23C2O[C@]2(C)CC[C@@H]13. The second-order valence-electron chi connectivity index (χ2n) is 7.18. The molecule has 4 fully saturated rings. The molecule has 0 aromatic rings. The summed E-state index contributed by atoms with van der Waals surface area (Å²) in [7, 11) is 0. The molecule has 4 aliphatic rings. The molecule has 0 N–H and O–H groups in total. The summed E-state index contributed by atoms with van der Waals surface area (Å²) >= 11 is 0. The minimum atomic E-state index is -0.277. The van der Waals surface area contributed by atoms with Crippen LogP contribution in [-0.4, -0.2) is 23.3 Å². The number of hydrogen-bond acceptors (Lipinski definition) is 3. The minimum Gasteiger partial charge on any atom is -0.455 e. The molecule has 2 aliphatic carbocycles. The van der Waals surface area contributed by atoms with Crippen molar-refractivity contribution in [1.29, 1.82) is 0 Å². The largest absolute Gasteiger partial charge is 0.455 e. The van der Waals surface area contributed by atoms with Gasteiger partial charge in [-0.15, -0.1) is 0 Å². The van der Waals surface area contributed by atoms with Crippen molar-refractivity contribution >= 4 is 5.97 Å². The van der Waals surface area contributed by atoms with Crippen molar-refractivity contribution in [3.63, 3.8) is 0 Å². The molecule has 2 aliphatic heterocycles. The topological polar surface area (TPSA) is 38.8 Å². The van der Waals surface area contributed by atoms with E-state index in [0.717, 1.165) is 19.3 Å². The van der Waals surface area contributed by atoms with Crippen LogP contribution in [0.1, 0.15) is 46.5 Å². The van der Waals surface area contributed by atoms with E-state index >= 15 is 0 Å². The second kappa shape index (κ2) is 3.12. The predicted molar refractivity (Wildman–Crippen MR) is 65.9 cm³/mol. The van der Waals surface area contributed by atoms with Gasteiger partial charge in [-0.25, -0.2) is 0 Å². The summed E-state index contributed by atoms with van der Waals surface area (Å²) in [6, 6.07) is 0. The normalized spacial score (nSPS) is 61.5. The number of esters is 1. The van der Waals surface area contributed by atoms with E-state index in [2.05, 4.69) is 13.8 Å². The highest BCUT2D eigenvalue weighted by molar-refractivity contribution is 5.76. The quantitative estimate of drug-likeness (QED) is 0.490. The lowest BCUT2D eigenvalue weighted by Crippen LogP contribution is -2.58. The molecule has 2 heterocycles. The van der Waals surface area contributed by atoms with E-state index in [0.29, 0.717) is 17.8 Å². The molecular weight excluding hydrogens is 228 g/mol. The first-order valence-corrected chi connectivity index (χ1v) is 7.40. The molecule has 2 saturated heterocycles. The van der Waals surface area contributed by atoms with Gasteiger partial charge in [0.2, 0.25) is 0 Å². The third-order valence-corrected chi connectivity index (χ3v) is 6.28. The molecule has 0 aromatic carbocycles. The van der Waals surface area contributed by atoms with Crippen molar-refractivity contribution in [2.24, 2.45) is 23.7 Å². The van der Waals surface area contributed by atoms with Crippen LogP contribution in [-0.2, 0) is 14.3 Å². The van der Waals surface area contributed by atoms with E-state index in [1.54, 1.807) is 0 Å². The van der Waals surface area contributed by atoms with E-state index in [-0.39, 0.29) is 29.2 Å². The maximum atomic E-state index is 12.1. The van der Waals surface area contributed by atoms with Crippen LogP contribution in [0.5, 0.6) is 0 Å². The number of epoxide rings is 1. The van der Waals surface area contributed by atoms with E-state index < -0.39 is 0 Å². The Bertz CT molecular complexity index is 420. The molecule has 4 rings (SSSR count). The van der Waals surface area contributed by atoms with Crippen LogP contribution in [0.15, 0.2) is 0 Å². The Kier molecular flexibility index (Phi) is 1.95. The molecule has 100 valence electrons. The van der Waals surface area contributed by atoms with Gasteiger partial charge in [0.25, 0.3) is 0 Å². The molecule has 1 spiro atoms. The van der Waals surface area contributed by atoms with Crippen molar-refractivity contribution in [3.05, 3.63) is 0 Å². The van der Waals surface area contributed by atoms with Gasteiger partial charge in [0, 0.05) is 11.8 Å². The zero-order valence-electron chi connectivity index (χ0n) is 11.4. The molecule has 18 heavy (non-hydrogen) atoms. The van der Waals surface area contributed by atoms with Crippen molar-refractivity contribution in [2.45, 2.75) is 63.8 Å². The summed E-state index contributed by atoms with van der Waals surface area (Å²) in [4.78, 5) is 12.1. The highest BCUT2D eigenvalue weighted by Crippen LogP contribution is 2.66. The summed E-state index contributed by atoms with van der Waals surface area (Å²) in [6.07, 6.45) is 4.82. The second-order valence-corrected chi connectivity index (χ2v) is 7.18. The molecule has 0 aromatic heterocycles. The van der Waals surface area contributed by atoms with Gasteiger partial charge in [-0.1, -0.05) is 13.8 Å². The van der Waals surface area contributed by atoms with Crippen LogP contribution in [0, 0.1) is 23.7 Å². The average Bonchev–Trinajstić information content (AvgIpc) is 2.95. The van der Waals surface area contributed by atoms with Crippen molar-refractivity contribution in [1.82, 2.24) is 0 Å². The Morgan fingerprint density at radius 3 is 2.72 bits per heavy atom. The third kappa shape index (κ3) is 1.08. The molecule has 2 saturated carbocycles. The van der Waals surface area contributed by atoms with Gasteiger partial charge in [0.05, 0.1) is 11.5 Å². The number of ether oxygens (including phenoxy) is 2. The van der Waals surface area contributed by atoms with E-state index in [9.17, 15) is 4.79 Å². The number of hydrogen-bond donors (Lipinski definition) is 0. The van der Waals surface area contributed by atoms with E-state index in [1.807, 2.05) is 6.92 Å². The number of fused-ring (bicyclic) bond motifs is 1. The van der Waals surface area contributed by atoms with Crippen LogP contribution >= 0.6 is 0 Å². The van der Waals surface area contributed by atoms with Crippen LogP contribution in [0.4, 0.5) is 0 Å². The maximum Gasteiger partial charge on any atom is 0.309 e. The lowest BCUT2D eigenvalue weighted by atomic mass is 9.55. The standard InChI is InChI=1S/C15H22O3/c1-8-4-5-11-9(2)12(16)17-15(11)10(8)6-7-14(3)13(15)18-14/h8-11,13H,4-7H2,1-3H3/t8-,9-,10+,11+,13?,14-,15?/m1/s1. The first-order valence-electron chi connectivity index (χ1n) is 7.40. The van der Waals surface area contributed by atoms with Gasteiger partial charge in [0.1, 0.15) is 11.7 Å². The summed E-state index contributed by atoms with van der Waals surface area (Å²) < 4.78 is 12.0. The molecule has 7 atom stereocenters. The summed E-state index contributed by atoms with van der Waals surface area (Å²) in [5, 5.41) is 0. The van der Waals surface area contributed by atoms with Crippen LogP contribution < -0.4 is 0 Å². The highest BCUT2D eigenvalue weighted by atomic mass is 16.7. The fourth-order valence-corrected chi connectivity index (χ4v) is 5.20. The Balaban J connectivity index is 1.81. The minimum absolute atomic E-state index is 0.00382. The van der Waals surface area contributed by atoms with Gasteiger partial charge < -0.3 is 9.47 Å². The zero-order chi connectivity index (χ0) is 12.7. The summed E-state index contributed by atoms with van der Waals surface area (Å²) in [6.45, 7) is 6.56. The highest BCUT2D eigenvalue weighted by Gasteiger charge is 2.76. The van der Waals surface area contributed by atoms with Crippen LogP contribution in [0.25, 0.3) is 0 Å². The summed E-state index contributed by atoms with van der Waals surface area (Å²) in [5.41, 5.74) is -0.280. The van der Waals surface area contributed by atoms with Gasteiger partial charge in [-0.05, 0) is 38.5 Å². The van der Waals surface area contributed by atoms with Crippen LogP contribution in [0.3, 0.4) is 0 Å². The lowest BCUT2D eigenvalue weighted by molar-refractivity contribution is -0.168. The molecule has 0 amide bonds. The first kappa shape index (κ1) is 11.3. The summed E-state index contributed by atoms with van der Waals surface area (Å²) in [5.74, 6) is 1.64. The Morgan fingerprint density at radius 1 is 1.17 bits per heavy atom. The molecule has 3 nitrogen and oxygen atoms in total. The fraction of sp³-hybridized carbons (Fsp3) is 0.933. The lowest BCUT2D eigenvalue weighted by Gasteiger charge is -2.49. The third-order valence-electron chi connectivity index (χ3n) is 6.28. The Labute approximate surface area is 108 Å². The van der Waals surface area contributed by atoms with Crippen molar-refractivity contribution < 1.29 is 14.3 Å². The van der Waals surface area contributed by atoms with Crippen molar-refractivity contribution in [3.8, 4) is 0 Å². The predicted octanol–water partition coefficient (Wildman–Crippen LogP) is 2.53. The van der Waals surface area contributed by atoms with Crippen molar-refractivity contribution in [2.75, 3.05) is 0 Å². The van der Waals surface area contributed by atoms with Gasteiger partial charge in [0.15, 0.2) is 0 Å². The molecule has 0 radical (unpaired) electrons. The average molecular weight is 250 g/mol. The number of carbonyl (C=O) groups excluding carboxylic acids is 1. The Hall–Kier alpha value is -0.570. The smallest absolute Gasteiger partial charge is 0.309 e. The fourth-order valence-electron chi connectivity index (χ4n) is 5.20. The Morgan fingerprint density at radius 2 is 1.94 bits per heavy atom. The molecule has 2 unspecified atom stereocenters. The van der Waals surface area contributed by atoms with Gasteiger partial charge in [-0.2, -0.15) is 0 Å². The van der Waals surface area contributed by atoms with Crippen LogP contribution in [0.2, 0.25) is 0 Å². The number of carbonyl (C=O) groups is 1.